The van der Waals surface area contributed by atoms with Crippen molar-refractivity contribution >= 4 is 27.5 Å². The van der Waals surface area contributed by atoms with Gasteiger partial charge in [0.15, 0.2) is 5.84 Å². The normalized spacial score (nSPS) is 16.8. The van der Waals surface area contributed by atoms with Crippen molar-refractivity contribution in [2.75, 3.05) is 18.5 Å². The minimum Gasteiger partial charge on any atom is -0.409 e. The van der Waals surface area contributed by atoms with E-state index in [0.717, 1.165) is 28.2 Å². The molecular weight excluding hydrogens is 306 g/mol. The number of benzene rings is 1. The Balaban J connectivity index is 2.25. The summed E-state index contributed by atoms with van der Waals surface area (Å²) in [4.78, 5) is 2.20. The largest absolute Gasteiger partial charge is 0.409 e. The summed E-state index contributed by atoms with van der Waals surface area (Å²) in [7, 11) is 2.06. The molecular formula is C14H20BrN3O. The molecule has 0 saturated heterocycles. The SMILES string of the molecule is CN(CC1CCCC1)c1cccc(Br)c1/C(N)=N/O. The number of halogens is 1. The Hall–Kier alpha value is -1.23. The first kappa shape index (κ1) is 14.2. The number of anilines is 1. The predicted octanol–water partition coefficient (Wildman–Crippen LogP) is 3.17. The topological polar surface area (TPSA) is 61.8 Å². The van der Waals surface area contributed by atoms with Crippen LogP contribution >= 0.6 is 15.9 Å². The fraction of sp³-hybridized carbons (Fsp3) is 0.500. The summed E-state index contributed by atoms with van der Waals surface area (Å²) in [6.45, 7) is 1.02. The van der Waals surface area contributed by atoms with Gasteiger partial charge in [0, 0.05) is 23.8 Å². The van der Waals surface area contributed by atoms with Gasteiger partial charge in [-0.1, -0.05) is 24.1 Å². The molecule has 0 heterocycles. The van der Waals surface area contributed by atoms with E-state index in [1.165, 1.54) is 25.7 Å². The first-order chi connectivity index (χ1) is 9.13. The second kappa shape index (κ2) is 6.28. The van der Waals surface area contributed by atoms with Gasteiger partial charge >= 0.3 is 0 Å². The number of rotatable bonds is 4. The van der Waals surface area contributed by atoms with E-state index in [2.05, 4.69) is 33.0 Å². The van der Waals surface area contributed by atoms with Crippen LogP contribution in [0, 0.1) is 5.92 Å². The molecule has 0 radical (unpaired) electrons. The smallest absolute Gasteiger partial charge is 0.173 e. The number of hydrogen-bond donors (Lipinski definition) is 2. The van der Waals surface area contributed by atoms with E-state index in [1.807, 2.05) is 18.2 Å². The van der Waals surface area contributed by atoms with Crippen molar-refractivity contribution in [1.82, 2.24) is 0 Å². The van der Waals surface area contributed by atoms with Crippen molar-refractivity contribution in [3.8, 4) is 0 Å². The quantitative estimate of drug-likeness (QED) is 0.387. The van der Waals surface area contributed by atoms with Gasteiger partial charge in [-0.3, -0.25) is 0 Å². The molecule has 1 aliphatic rings. The summed E-state index contributed by atoms with van der Waals surface area (Å²) >= 11 is 3.47. The molecule has 0 aliphatic heterocycles. The molecule has 104 valence electrons. The number of oxime groups is 1. The third-order valence-electron chi connectivity index (χ3n) is 3.77. The molecule has 5 heteroatoms. The molecule has 0 aromatic heterocycles. The zero-order valence-corrected chi connectivity index (χ0v) is 12.7. The Kier molecular flexibility index (Phi) is 4.69. The zero-order valence-electron chi connectivity index (χ0n) is 11.1. The van der Waals surface area contributed by atoms with Crippen LogP contribution in [-0.2, 0) is 0 Å². The van der Waals surface area contributed by atoms with E-state index in [9.17, 15) is 0 Å². The lowest BCUT2D eigenvalue weighted by atomic mass is 10.1. The predicted molar refractivity (Wildman–Crippen MR) is 81.9 cm³/mol. The standard InChI is InChI=1S/C14H20BrN3O/c1-18(9-10-5-2-3-6-10)12-8-4-7-11(15)13(12)14(16)17-19/h4,7-8,10,19H,2-3,5-6,9H2,1H3,(H2,16,17). The van der Waals surface area contributed by atoms with Gasteiger partial charge in [-0.2, -0.15) is 0 Å². The maximum absolute atomic E-state index is 8.93. The van der Waals surface area contributed by atoms with Crippen LogP contribution in [0.2, 0.25) is 0 Å². The van der Waals surface area contributed by atoms with Crippen LogP contribution < -0.4 is 10.6 Å². The van der Waals surface area contributed by atoms with Crippen LogP contribution in [0.5, 0.6) is 0 Å². The highest BCUT2D eigenvalue weighted by Gasteiger charge is 2.20. The van der Waals surface area contributed by atoms with Crippen molar-refractivity contribution in [2.24, 2.45) is 16.8 Å². The Morgan fingerprint density at radius 1 is 1.47 bits per heavy atom. The molecule has 1 aromatic carbocycles. The molecule has 1 aromatic rings. The molecule has 3 N–H and O–H groups in total. The minimum atomic E-state index is 0.140. The highest BCUT2D eigenvalue weighted by Crippen LogP contribution is 2.30. The molecule has 1 saturated carbocycles. The maximum atomic E-state index is 8.93. The molecule has 1 fully saturated rings. The summed E-state index contributed by atoms with van der Waals surface area (Å²) in [5.74, 6) is 0.893. The molecule has 0 unspecified atom stereocenters. The first-order valence-electron chi connectivity index (χ1n) is 6.61. The average Bonchev–Trinajstić information content (AvgIpc) is 2.90. The van der Waals surface area contributed by atoms with Crippen molar-refractivity contribution in [1.29, 1.82) is 0 Å². The molecule has 0 atom stereocenters. The molecule has 19 heavy (non-hydrogen) atoms. The van der Waals surface area contributed by atoms with E-state index in [4.69, 9.17) is 10.9 Å². The van der Waals surface area contributed by atoms with Gasteiger partial charge in [-0.05, 0) is 46.8 Å². The lowest BCUT2D eigenvalue weighted by Gasteiger charge is -2.25. The van der Waals surface area contributed by atoms with Gasteiger partial charge in [0.05, 0.1) is 5.56 Å². The van der Waals surface area contributed by atoms with Gasteiger partial charge in [-0.25, -0.2) is 0 Å². The van der Waals surface area contributed by atoms with E-state index < -0.39 is 0 Å². The number of nitrogens with two attached hydrogens (primary N) is 1. The van der Waals surface area contributed by atoms with Crippen LogP contribution in [0.25, 0.3) is 0 Å². The number of nitrogens with zero attached hydrogens (tertiary/aromatic N) is 2. The molecule has 0 bridgehead atoms. The first-order valence-corrected chi connectivity index (χ1v) is 7.40. The summed E-state index contributed by atoms with van der Waals surface area (Å²) in [6.07, 6.45) is 5.28. The lowest BCUT2D eigenvalue weighted by Crippen LogP contribution is -2.27. The van der Waals surface area contributed by atoms with E-state index in [-0.39, 0.29) is 5.84 Å². The van der Waals surface area contributed by atoms with Crippen molar-refractivity contribution in [3.05, 3.63) is 28.2 Å². The van der Waals surface area contributed by atoms with Crippen LogP contribution in [0.1, 0.15) is 31.2 Å². The highest BCUT2D eigenvalue weighted by atomic mass is 79.9. The van der Waals surface area contributed by atoms with Crippen LogP contribution in [-0.4, -0.2) is 24.6 Å². The Morgan fingerprint density at radius 3 is 2.79 bits per heavy atom. The van der Waals surface area contributed by atoms with Crippen LogP contribution in [0.3, 0.4) is 0 Å². The summed E-state index contributed by atoms with van der Waals surface area (Å²) < 4.78 is 0.846. The lowest BCUT2D eigenvalue weighted by molar-refractivity contribution is 0.318. The number of hydrogen-bond acceptors (Lipinski definition) is 3. The van der Waals surface area contributed by atoms with Gasteiger partial charge in [0.2, 0.25) is 0 Å². The zero-order chi connectivity index (χ0) is 13.8. The van der Waals surface area contributed by atoms with Gasteiger partial charge in [-0.15, -0.1) is 0 Å². The summed E-state index contributed by atoms with van der Waals surface area (Å²) in [5.41, 5.74) is 7.54. The molecule has 0 spiro atoms. The molecule has 4 nitrogen and oxygen atoms in total. The summed E-state index contributed by atoms with van der Waals surface area (Å²) in [5, 5.41) is 12.1. The minimum absolute atomic E-state index is 0.140. The fourth-order valence-electron chi connectivity index (χ4n) is 2.81. The highest BCUT2D eigenvalue weighted by molar-refractivity contribution is 9.10. The fourth-order valence-corrected chi connectivity index (χ4v) is 3.37. The van der Waals surface area contributed by atoms with Gasteiger partial charge in [0.1, 0.15) is 0 Å². The van der Waals surface area contributed by atoms with Crippen molar-refractivity contribution in [3.63, 3.8) is 0 Å². The van der Waals surface area contributed by atoms with Crippen LogP contribution in [0.4, 0.5) is 5.69 Å². The van der Waals surface area contributed by atoms with Crippen molar-refractivity contribution < 1.29 is 5.21 Å². The third-order valence-corrected chi connectivity index (χ3v) is 4.43. The summed E-state index contributed by atoms with van der Waals surface area (Å²) in [6, 6.07) is 5.88. The Morgan fingerprint density at radius 2 is 2.16 bits per heavy atom. The van der Waals surface area contributed by atoms with E-state index in [1.54, 1.807) is 0 Å². The maximum Gasteiger partial charge on any atom is 0.173 e. The third kappa shape index (κ3) is 3.21. The second-order valence-corrected chi connectivity index (χ2v) is 6.00. The monoisotopic (exact) mass is 325 g/mol. The number of amidine groups is 1. The second-order valence-electron chi connectivity index (χ2n) is 5.15. The van der Waals surface area contributed by atoms with E-state index in [0.29, 0.717) is 0 Å². The molecule has 2 rings (SSSR count). The average molecular weight is 326 g/mol. The van der Waals surface area contributed by atoms with Crippen molar-refractivity contribution in [2.45, 2.75) is 25.7 Å². The molecule has 0 amide bonds. The van der Waals surface area contributed by atoms with Gasteiger partial charge < -0.3 is 15.8 Å². The Bertz CT molecular complexity index is 470. The van der Waals surface area contributed by atoms with Crippen LogP contribution in [0.15, 0.2) is 27.8 Å². The molecule has 1 aliphatic carbocycles. The Labute approximate surface area is 122 Å². The van der Waals surface area contributed by atoms with E-state index >= 15 is 0 Å². The van der Waals surface area contributed by atoms with Gasteiger partial charge in [0.25, 0.3) is 0 Å².